The number of likely N-dealkylation sites (tertiary alicyclic amines) is 1. The Morgan fingerprint density at radius 1 is 0.957 bits per heavy atom. The highest BCUT2D eigenvalue weighted by Crippen LogP contribution is 2.36. The number of benzene rings is 2. The molecule has 3 aromatic heterocycles. The molecule has 5 heterocycles. The number of nitrogens with one attached hydrogen (secondary N) is 2. The molecule has 2 aromatic carbocycles. The van der Waals surface area contributed by atoms with Crippen molar-refractivity contribution in [3.63, 3.8) is 0 Å². The van der Waals surface area contributed by atoms with Crippen LogP contribution in [0.1, 0.15) is 6.42 Å². The van der Waals surface area contributed by atoms with Crippen molar-refractivity contribution in [1.82, 2.24) is 34.9 Å². The number of fused-ring (bicyclic) bond motifs is 1. The monoisotopic (exact) mass is 651 g/mol. The molecule has 0 saturated carbocycles. The molecule has 5 aromatic rings. The SMILES string of the molecule is CS[C@@]1(C(=O)Nc2ccc3[nH]nc(-c4ccc(F)cc4)c3c2)CCN(CC(=O)N2CCN(c3ccc(-c4ncccn4)cn3)CC2)C1. The van der Waals surface area contributed by atoms with Crippen LogP contribution in [0.4, 0.5) is 15.9 Å². The summed E-state index contributed by atoms with van der Waals surface area (Å²) in [6, 6.07) is 17.5. The highest BCUT2D eigenvalue weighted by molar-refractivity contribution is 8.00. The van der Waals surface area contributed by atoms with Crippen LogP contribution in [0.3, 0.4) is 0 Å². The van der Waals surface area contributed by atoms with Gasteiger partial charge in [-0.15, -0.1) is 11.8 Å². The van der Waals surface area contributed by atoms with Crippen LogP contribution in [0.5, 0.6) is 0 Å². The zero-order valence-corrected chi connectivity index (χ0v) is 26.7. The second-order valence-corrected chi connectivity index (χ2v) is 13.0. The summed E-state index contributed by atoms with van der Waals surface area (Å²) < 4.78 is 12.8. The number of piperazine rings is 1. The summed E-state index contributed by atoms with van der Waals surface area (Å²) >= 11 is 1.52. The zero-order chi connectivity index (χ0) is 32.4. The number of pyridine rings is 1. The Morgan fingerprint density at radius 2 is 1.72 bits per heavy atom. The quantitative estimate of drug-likeness (QED) is 0.253. The predicted molar refractivity (Wildman–Crippen MR) is 181 cm³/mol. The molecule has 2 fully saturated rings. The van der Waals surface area contributed by atoms with Crippen molar-refractivity contribution in [2.75, 3.05) is 62.3 Å². The van der Waals surface area contributed by atoms with Crippen molar-refractivity contribution in [3.8, 4) is 22.6 Å². The van der Waals surface area contributed by atoms with Gasteiger partial charge in [0.2, 0.25) is 11.8 Å². The first-order chi connectivity index (χ1) is 22.9. The first kappa shape index (κ1) is 30.8. The van der Waals surface area contributed by atoms with Gasteiger partial charge >= 0.3 is 0 Å². The lowest BCUT2D eigenvalue weighted by Crippen LogP contribution is -2.51. The van der Waals surface area contributed by atoms with E-state index in [9.17, 15) is 14.0 Å². The maximum atomic E-state index is 13.7. The van der Waals surface area contributed by atoms with Gasteiger partial charge in [0.15, 0.2) is 5.82 Å². The molecule has 47 heavy (non-hydrogen) atoms. The largest absolute Gasteiger partial charge is 0.353 e. The maximum Gasteiger partial charge on any atom is 0.241 e. The van der Waals surface area contributed by atoms with Crippen molar-refractivity contribution in [2.45, 2.75) is 11.2 Å². The van der Waals surface area contributed by atoms with Crippen LogP contribution in [0.15, 0.2) is 79.3 Å². The van der Waals surface area contributed by atoms with Crippen LogP contribution in [0.25, 0.3) is 33.5 Å². The van der Waals surface area contributed by atoms with E-state index in [0.29, 0.717) is 62.9 Å². The molecule has 0 aliphatic carbocycles. The van der Waals surface area contributed by atoms with Crippen LogP contribution in [-0.4, -0.2) is 104 Å². The molecule has 2 amide bonds. The van der Waals surface area contributed by atoms with Gasteiger partial charge in [0.1, 0.15) is 16.4 Å². The molecular weight excluding hydrogens is 618 g/mol. The van der Waals surface area contributed by atoms with E-state index in [1.54, 1.807) is 36.8 Å². The molecule has 0 bridgehead atoms. The molecule has 240 valence electrons. The van der Waals surface area contributed by atoms with Crippen molar-refractivity contribution >= 4 is 46.0 Å². The van der Waals surface area contributed by atoms with E-state index in [2.05, 4.69) is 40.3 Å². The van der Waals surface area contributed by atoms with Gasteiger partial charge in [-0.3, -0.25) is 19.6 Å². The van der Waals surface area contributed by atoms with Gasteiger partial charge < -0.3 is 15.1 Å². The first-order valence-corrected chi connectivity index (χ1v) is 16.7. The van der Waals surface area contributed by atoms with Gasteiger partial charge in [-0.1, -0.05) is 0 Å². The van der Waals surface area contributed by atoms with Gasteiger partial charge in [-0.25, -0.2) is 19.3 Å². The lowest BCUT2D eigenvalue weighted by Gasteiger charge is -2.36. The maximum absolute atomic E-state index is 13.7. The molecule has 0 radical (unpaired) electrons. The highest BCUT2D eigenvalue weighted by atomic mass is 32.2. The van der Waals surface area contributed by atoms with Crippen LogP contribution in [-0.2, 0) is 9.59 Å². The van der Waals surface area contributed by atoms with Gasteiger partial charge in [-0.2, -0.15) is 5.10 Å². The number of rotatable bonds is 8. The minimum atomic E-state index is -0.674. The number of carbonyl (C=O) groups excluding carboxylic acids is 2. The first-order valence-electron chi connectivity index (χ1n) is 15.5. The van der Waals surface area contributed by atoms with E-state index in [1.165, 1.54) is 23.9 Å². The van der Waals surface area contributed by atoms with E-state index in [4.69, 9.17) is 0 Å². The Bertz CT molecular complexity index is 1880. The average Bonchev–Trinajstić information content (AvgIpc) is 3.74. The van der Waals surface area contributed by atoms with Crippen molar-refractivity contribution in [1.29, 1.82) is 0 Å². The number of H-pyrrole nitrogens is 1. The molecule has 2 aliphatic heterocycles. The fraction of sp³-hybridized carbons (Fsp3) is 0.294. The third-order valence-electron chi connectivity index (χ3n) is 8.94. The van der Waals surface area contributed by atoms with Crippen molar-refractivity contribution < 1.29 is 14.0 Å². The fourth-order valence-electron chi connectivity index (χ4n) is 6.23. The second kappa shape index (κ2) is 13.1. The van der Waals surface area contributed by atoms with Crippen molar-refractivity contribution in [2.24, 2.45) is 0 Å². The summed E-state index contributed by atoms with van der Waals surface area (Å²) in [5.41, 5.74) is 3.81. The minimum Gasteiger partial charge on any atom is -0.353 e. The van der Waals surface area contributed by atoms with E-state index in [-0.39, 0.29) is 24.2 Å². The third-order valence-corrected chi connectivity index (χ3v) is 10.2. The van der Waals surface area contributed by atoms with Crippen LogP contribution in [0.2, 0.25) is 0 Å². The number of aromatic amines is 1. The Balaban J connectivity index is 0.939. The summed E-state index contributed by atoms with van der Waals surface area (Å²) in [4.78, 5) is 46.4. The molecule has 2 aliphatic rings. The molecule has 1 atom stereocenters. The number of hydrogen-bond acceptors (Lipinski definition) is 9. The van der Waals surface area contributed by atoms with Gasteiger partial charge in [0.25, 0.3) is 0 Å². The van der Waals surface area contributed by atoms with E-state index in [0.717, 1.165) is 27.8 Å². The summed E-state index contributed by atoms with van der Waals surface area (Å²) in [5, 5.41) is 11.4. The number of anilines is 2. The van der Waals surface area contributed by atoms with Crippen LogP contribution < -0.4 is 10.2 Å². The van der Waals surface area contributed by atoms with E-state index >= 15 is 0 Å². The lowest BCUT2D eigenvalue weighted by atomic mass is 10.1. The zero-order valence-electron chi connectivity index (χ0n) is 25.9. The molecule has 2 N–H and O–H groups in total. The van der Waals surface area contributed by atoms with Crippen LogP contribution >= 0.6 is 11.8 Å². The number of carbonyl (C=O) groups is 2. The Kier molecular flexibility index (Phi) is 8.56. The highest BCUT2D eigenvalue weighted by Gasteiger charge is 2.45. The normalized spacial score (nSPS) is 18.5. The smallest absolute Gasteiger partial charge is 0.241 e. The standard InChI is InChI=1S/C34H34FN9O2S/c1-47-34(33(46)39-26-8-9-28-27(19-26)31(41-40-28)23-3-6-25(35)7-4-23)11-14-42(22-34)21-30(45)44-17-15-43(16-18-44)29-10-5-24(20-38-29)32-36-12-2-13-37-32/h2-10,12-13,19-20H,11,14-18,21-22H2,1H3,(H,39,46)(H,40,41)/t34-/m0/s1. The fourth-order valence-corrected chi connectivity index (χ4v) is 7.08. The minimum absolute atomic E-state index is 0.0743. The number of hydrogen-bond donors (Lipinski definition) is 2. The molecule has 0 spiro atoms. The summed E-state index contributed by atoms with van der Waals surface area (Å²) in [7, 11) is 0. The predicted octanol–water partition coefficient (Wildman–Crippen LogP) is 4.32. The van der Waals surface area contributed by atoms with Gasteiger partial charge in [0, 0.05) is 80.1 Å². The molecule has 0 unspecified atom stereocenters. The summed E-state index contributed by atoms with van der Waals surface area (Å²) in [6.45, 7) is 4.05. The Labute approximate surface area is 275 Å². The Hall–Kier alpha value is -4.88. The second-order valence-electron chi connectivity index (χ2n) is 11.8. The third kappa shape index (κ3) is 6.41. The summed E-state index contributed by atoms with van der Waals surface area (Å²) in [6.07, 6.45) is 7.79. The van der Waals surface area contributed by atoms with E-state index in [1.807, 2.05) is 41.5 Å². The average molecular weight is 652 g/mol. The number of thioether (sulfide) groups is 1. The topological polar surface area (TPSA) is 123 Å². The van der Waals surface area contributed by atoms with Gasteiger partial charge in [0.05, 0.1) is 17.8 Å². The number of amides is 2. The molecule has 7 rings (SSSR count). The molecular formula is C34H34FN9O2S. The lowest BCUT2D eigenvalue weighted by molar-refractivity contribution is -0.132. The van der Waals surface area contributed by atoms with Gasteiger partial charge in [-0.05, 0) is 73.3 Å². The molecule has 2 saturated heterocycles. The number of nitrogens with zero attached hydrogens (tertiary/aromatic N) is 7. The van der Waals surface area contributed by atoms with Crippen molar-refractivity contribution in [3.05, 3.63) is 85.1 Å². The summed E-state index contributed by atoms with van der Waals surface area (Å²) in [5.74, 6) is 1.18. The van der Waals surface area contributed by atoms with Crippen LogP contribution in [0, 0.1) is 5.82 Å². The van der Waals surface area contributed by atoms with E-state index < -0.39 is 4.75 Å². The molecule has 11 nitrogen and oxygen atoms in total. The Morgan fingerprint density at radius 3 is 2.45 bits per heavy atom. The molecule has 13 heteroatoms. The number of halogens is 1. The number of aromatic nitrogens is 5.